The van der Waals surface area contributed by atoms with Crippen molar-refractivity contribution in [2.75, 3.05) is 6.54 Å². The number of aromatic amines is 1. The van der Waals surface area contributed by atoms with E-state index in [9.17, 15) is 9.59 Å². The monoisotopic (exact) mass is 474 g/mol. The lowest BCUT2D eigenvalue weighted by molar-refractivity contribution is -0.134. The molecule has 4 rings (SSSR count). The average Bonchev–Trinajstić information content (AvgIpc) is 3.25. The molecule has 35 heavy (non-hydrogen) atoms. The number of esters is 2. The molecule has 4 aromatic rings. The summed E-state index contributed by atoms with van der Waals surface area (Å²) >= 11 is 0. The number of rotatable bonds is 7. The summed E-state index contributed by atoms with van der Waals surface area (Å²) in [7, 11) is 0. The first-order valence-corrected chi connectivity index (χ1v) is 10.9. The normalized spacial score (nSPS) is 10.2. The van der Waals surface area contributed by atoms with Gasteiger partial charge in [-0.05, 0) is 54.4 Å². The number of hydrogen-bond donors (Lipinski definition) is 3. The fourth-order valence-electron chi connectivity index (χ4n) is 3.39. The van der Waals surface area contributed by atoms with Crippen LogP contribution in [0.3, 0.4) is 0 Å². The molecule has 0 unspecified atom stereocenters. The molecular weight excluding hydrogens is 448 g/mol. The minimum atomic E-state index is -0.833. The molecule has 0 radical (unpaired) electrons. The smallest absolute Gasteiger partial charge is 0.344 e. The van der Waals surface area contributed by atoms with Crippen LogP contribution in [0, 0.1) is 0 Å². The van der Waals surface area contributed by atoms with Gasteiger partial charge in [-0.1, -0.05) is 42.5 Å². The van der Waals surface area contributed by atoms with Gasteiger partial charge in [-0.2, -0.15) is 0 Å². The van der Waals surface area contributed by atoms with E-state index in [1.807, 2.05) is 42.6 Å². The van der Waals surface area contributed by atoms with Crippen LogP contribution in [0.15, 0.2) is 79.0 Å². The lowest BCUT2D eigenvalue weighted by Gasteiger charge is -2.10. The van der Waals surface area contributed by atoms with Gasteiger partial charge in [-0.3, -0.25) is 4.79 Å². The number of benzene rings is 3. The predicted octanol–water partition coefficient (Wildman–Crippen LogP) is 4.34. The highest BCUT2D eigenvalue weighted by atomic mass is 16.5. The molecular formula is C27H26N2O6. The van der Waals surface area contributed by atoms with Crippen LogP contribution >= 0.6 is 0 Å². The maximum atomic E-state index is 12.8. The molecule has 0 aliphatic heterocycles. The number of aromatic nitrogens is 1. The molecule has 4 N–H and O–H groups in total. The molecule has 0 saturated heterocycles. The number of nitrogens with one attached hydrogen (secondary N) is 1. The summed E-state index contributed by atoms with van der Waals surface area (Å²) in [5, 5.41) is 8.37. The number of hydrogen-bond acceptors (Lipinski definition) is 6. The lowest BCUT2D eigenvalue weighted by Crippen LogP contribution is -2.16. The molecule has 1 aromatic heterocycles. The van der Waals surface area contributed by atoms with E-state index in [2.05, 4.69) is 4.98 Å². The number of nitrogens with two attached hydrogens (primary N) is 1. The molecule has 0 aliphatic rings. The van der Waals surface area contributed by atoms with Gasteiger partial charge in [-0.15, -0.1) is 0 Å². The van der Waals surface area contributed by atoms with Gasteiger partial charge in [0.15, 0.2) is 0 Å². The zero-order chi connectivity index (χ0) is 25.2. The molecule has 180 valence electrons. The third kappa shape index (κ3) is 7.02. The summed E-state index contributed by atoms with van der Waals surface area (Å²) in [6.45, 7) is 1.73. The van der Waals surface area contributed by atoms with E-state index in [4.69, 9.17) is 25.1 Å². The van der Waals surface area contributed by atoms with Crippen LogP contribution in [0.2, 0.25) is 0 Å². The summed E-state index contributed by atoms with van der Waals surface area (Å²) in [6, 6.07) is 21.2. The Morgan fingerprint density at radius 3 is 2.20 bits per heavy atom. The van der Waals surface area contributed by atoms with Gasteiger partial charge < -0.3 is 25.3 Å². The van der Waals surface area contributed by atoms with Crippen molar-refractivity contribution in [2.24, 2.45) is 5.73 Å². The van der Waals surface area contributed by atoms with Crippen LogP contribution in [0.5, 0.6) is 5.75 Å². The van der Waals surface area contributed by atoms with Crippen LogP contribution in [-0.4, -0.2) is 34.5 Å². The highest BCUT2D eigenvalue weighted by molar-refractivity contribution is 6.04. The summed E-state index contributed by atoms with van der Waals surface area (Å²) in [5.74, 6) is -1.65. The maximum absolute atomic E-state index is 12.8. The summed E-state index contributed by atoms with van der Waals surface area (Å²) in [5.41, 5.74) is 8.84. The highest BCUT2D eigenvalue weighted by Crippen LogP contribution is 2.25. The molecule has 0 saturated carbocycles. The molecule has 1 heterocycles. The Bertz CT molecular complexity index is 1310. The van der Waals surface area contributed by atoms with Crippen molar-refractivity contribution < 1.29 is 29.0 Å². The number of ether oxygens (including phenoxy) is 2. The van der Waals surface area contributed by atoms with Crippen LogP contribution < -0.4 is 10.5 Å². The Kier molecular flexibility index (Phi) is 8.75. The van der Waals surface area contributed by atoms with Crippen molar-refractivity contribution in [3.63, 3.8) is 0 Å². The van der Waals surface area contributed by atoms with E-state index in [-0.39, 0.29) is 17.7 Å². The standard InChI is InChI=1S/C25H22N2O4.C2H4O2/c26-13-12-18-15-27-23-11-10-19(14-22(18)23)31-25(29)21-9-5-4-8-20(21)24(28)30-16-17-6-2-1-3-7-17;1-2(3)4/h1-11,14-15,27H,12-13,16,26H2;1H3,(H,3,4). The molecule has 0 amide bonds. The Labute approximate surface area is 202 Å². The summed E-state index contributed by atoms with van der Waals surface area (Å²) in [6.07, 6.45) is 2.62. The lowest BCUT2D eigenvalue weighted by atomic mass is 10.1. The topological polar surface area (TPSA) is 132 Å². The van der Waals surface area contributed by atoms with E-state index in [0.29, 0.717) is 18.7 Å². The number of H-pyrrole nitrogens is 1. The van der Waals surface area contributed by atoms with Gasteiger partial charge in [0, 0.05) is 24.0 Å². The van der Waals surface area contributed by atoms with E-state index >= 15 is 0 Å². The van der Waals surface area contributed by atoms with Crippen LogP contribution in [0.25, 0.3) is 10.9 Å². The van der Waals surface area contributed by atoms with E-state index in [1.54, 1.807) is 36.4 Å². The van der Waals surface area contributed by atoms with Crippen molar-refractivity contribution in [3.05, 3.63) is 101 Å². The zero-order valence-corrected chi connectivity index (χ0v) is 19.2. The Balaban J connectivity index is 0.000000795. The Morgan fingerprint density at radius 2 is 1.54 bits per heavy atom. The van der Waals surface area contributed by atoms with Crippen molar-refractivity contribution >= 4 is 28.8 Å². The van der Waals surface area contributed by atoms with Gasteiger partial charge in [0.1, 0.15) is 12.4 Å². The molecule has 0 bridgehead atoms. The second-order valence-electron chi connectivity index (χ2n) is 7.58. The SMILES string of the molecule is CC(=O)O.NCCc1c[nH]c2ccc(OC(=O)c3ccccc3C(=O)OCc3ccccc3)cc12. The number of carboxylic acid groups (broad SMARTS) is 1. The minimum absolute atomic E-state index is 0.122. The number of carboxylic acids is 1. The average molecular weight is 475 g/mol. The summed E-state index contributed by atoms with van der Waals surface area (Å²) in [4.78, 5) is 37.6. The molecule has 8 heteroatoms. The fourth-order valence-corrected chi connectivity index (χ4v) is 3.39. The van der Waals surface area contributed by atoms with E-state index in [0.717, 1.165) is 29.0 Å². The van der Waals surface area contributed by atoms with Gasteiger partial charge >= 0.3 is 11.9 Å². The Hall–Kier alpha value is -4.43. The van der Waals surface area contributed by atoms with E-state index < -0.39 is 17.9 Å². The van der Waals surface area contributed by atoms with Gasteiger partial charge in [0.05, 0.1) is 11.1 Å². The van der Waals surface area contributed by atoms with Gasteiger partial charge in [-0.25, -0.2) is 9.59 Å². The van der Waals surface area contributed by atoms with Crippen molar-refractivity contribution in [2.45, 2.75) is 20.0 Å². The maximum Gasteiger partial charge on any atom is 0.344 e. The predicted molar refractivity (Wildman–Crippen MR) is 131 cm³/mol. The first kappa shape index (κ1) is 25.2. The Morgan fingerprint density at radius 1 is 0.914 bits per heavy atom. The third-order valence-electron chi connectivity index (χ3n) is 4.94. The second-order valence-corrected chi connectivity index (χ2v) is 7.58. The van der Waals surface area contributed by atoms with Crippen molar-refractivity contribution in [1.82, 2.24) is 4.98 Å². The quantitative estimate of drug-likeness (QED) is 0.268. The summed E-state index contributed by atoms with van der Waals surface area (Å²) < 4.78 is 11.0. The minimum Gasteiger partial charge on any atom is -0.481 e. The fraction of sp³-hybridized carbons (Fsp3) is 0.148. The molecule has 3 aromatic carbocycles. The molecule has 0 spiro atoms. The third-order valence-corrected chi connectivity index (χ3v) is 4.94. The zero-order valence-electron chi connectivity index (χ0n) is 19.2. The molecule has 0 fully saturated rings. The molecule has 0 atom stereocenters. The second kappa shape index (κ2) is 12.2. The largest absolute Gasteiger partial charge is 0.481 e. The van der Waals surface area contributed by atoms with Crippen LogP contribution in [-0.2, 0) is 22.6 Å². The van der Waals surface area contributed by atoms with Crippen molar-refractivity contribution in [3.8, 4) is 5.75 Å². The number of carbonyl (C=O) groups is 3. The number of fused-ring (bicyclic) bond motifs is 1. The van der Waals surface area contributed by atoms with Gasteiger partial charge in [0.2, 0.25) is 0 Å². The van der Waals surface area contributed by atoms with Crippen LogP contribution in [0.1, 0.15) is 38.8 Å². The molecule has 0 aliphatic carbocycles. The number of carbonyl (C=O) groups excluding carboxylic acids is 2. The van der Waals surface area contributed by atoms with Crippen molar-refractivity contribution in [1.29, 1.82) is 0 Å². The van der Waals surface area contributed by atoms with Gasteiger partial charge in [0.25, 0.3) is 5.97 Å². The van der Waals surface area contributed by atoms with Crippen LogP contribution in [0.4, 0.5) is 0 Å². The first-order chi connectivity index (χ1) is 16.9. The van der Waals surface area contributed by atoms with E-state index in [1.165, 1.54) is 0 Å². The highest BCUT2D eigenvalue weighted by Gasteiger charge is 2.20. The first-order valence-electron chi connectivity index (χ1n) is 10.9. The molecule has 8 nitrogen and oxygen atoms in total. The number of aliphatic carboxylic acids is 1.